The molecule has 132 valence electrons. The second kappa shape index (κ2) is 7.34. The van der Waals surface area contributed by atoms with Crippen LogP contribution in [0.25, 0.3) is 0 Å². The molecule has 0 aromatic heterocycles. The van der Waals surface area contributed by atoms with Crippen molar-refractivity contribution < 1.29 is 18.0 Å². The SMILES string of the molecule is CC(=O)N(CCC(=O)Nc1ccc(C)c(C)c1)C1CCS(=O)(=O)C1. The molecule has 0 bridgehead atoms. The Morgan fingerprint density at radius 1 is 1.25 bits per heavy atom. The standard InChI is InChI=1S/C17H24N2O4S/c1-12-4-5-15(10-13(12)2)18-17(21)6-8-19(14(3)20)16-7-9-24(22,23)11-16/h4-5,10,16H,6-9,11H2,1-3H3,(H,18,21). The van der Waals surface area contributed by atoms with Gasteiger partial charge in [0.05, 0.1) is 11.5 Å². The largest absolute Gasteiger partial charge is 0.338 e. The van der Waals surface area contributed by atoms with Crippen molar-refractivity contribution >= 4 is 27.3 Å². The lowest BCUT2D eigenvalue weighted by Gasteiger charge is -2.26. The molecule has 1 saturated heterocycles. The average molecular weight is 352 g/mol. The van der Waals surface area contributed by atoms with Crippen LogP contribution < -0.4 is 5.32 Å². The number of carbonyl (C=O) groups excluding carboxylic acids is 2. The number of nitrogens with zero attached hydrogens (tertiary/aromatic N) is 1. The van der Waals surface area contributed by atoms with E-state index in [-0.39, 0.29) is 42.3 Å². The Balaban J connectivity index is 1.93. The summed E-state index contributed by atoms with van der Waals surface area (Å²) in [7, 11) is -3.06. The van der Waals surface area contributed by atoms with Gasteiger partial charge in [0.1, 0.15) is 0 Å². The van der Waals surface area contributed by atoms with Crippen molar-refractivity contribution in [1.29, 1.82) is 0 Å². The summed E-state index contributed by atoms with van der Waals surface area (Å²) in [4.78, 5) is 25.4. The summed E-state index contributed by atoms with van der Waals surface area (Å²) in [6.07, 6.45) is 0.587. The van der Waals surface area contributed by atoms with E-state index in [1.54, 1.807) is 0 Å². The first kappa shape index (κ1) is 18.4. The first-order valence-electron chi connectivity index (χ1n) is 8.03. The molecule has 0 saturated carbocycles. The molecule has 6 nitrogen and oxygen atoms in total. The molecular formula is C17H24N2O4S. The fraction of sp³-hybridized carbons (Fsp3) is 0.529. The third-order valence-corrected chi connectivity index (χ3v) is 6.17. The summed E-state index contributed by atoms with van der Waals surface area (Å²) in [5.41, 5.74) is 2.97. The number of nitrogens with one attached hydrogen (secondary N) is 1. The fourth-order valence-corrected chi connectivity index (χ4v) is 4.61. The third kappa shape index (κ3) is 4.80. The van der Waals surface area contributed by atoms with E-state index in [2.05, 4.69) is 5.32 Å². The zero-order valence-corrected chi connectivity index (χ0v) is 15.1. The highest BCUT2D eigenvalue weighted by Crippen LogP contribution is 2.19. The number of hydrogen-bond acceptors (Lipinski definition) is 4. The molecule has 0 aliphatic carbocycles. The van der Waals surface area contributed by atoms with E-state index in [0.717, 1.165) is 16.8 Å². The van der Waals surface area contributed by atoms with E-state index in [1.165, 1.54) is 11.8 Å². The average Bonchev–Trinajstić information content (AvgIpc) is 2.83. The van der Waals surface area contributed by atoms with Crippen molar-refractivity contribution in [1.82, 2.24) is 4.90 Å². The maximum atomic E-state index is 12.1. The van der Waals surface area contributed by atoms with Gasteiger partial charge in [-0.3, -0.25) is 9.59 Å². The zero-order chi connectivity index (χ0) is 17.9. The molecule has 1 atom stereocenters. The van der Waals surface area contributed by atoms with Gasteiger partial charge in [-0.1, -0.05) is 6.07 Å². The topological polar surface area (TPSA) is 83.6 Å². The van der Waals surface area contributed by atoms with Crippen molar-refractivity contribution in [3.8, 4) is 0 Å². The highest BCUT2D eigenvalue weighted by Gasteiger charge is 2.33. The Morgan fingerprint density at radius 2 is 1.96 bits per heavy atom. The Bertz CT molecular complexity index is 743. The van der Waals surface area contributed by atoms with Crippen molar-refractivity contribution in [3.63, 3.8) is 0 Å². The second-order valence-corrected chi connectivity index (χ2v) is 8.60. The highest BCUT2D eigenvalue weighted by atomic mass is 32.2. The van der Waals surface area contributed by atoms with Crippen LogP contribution in [-0.4, -0.2) is 49.2 Å². The highest BCUT2D eigenvalue weighted by molar-refractivity contribution is 7.91. The molecule has 2 amide bonds. The summed E-state index contributed by atoms with van der Waals surface area (Å²) in [6.45, 7) is 5.61. The van der Waals surface area contributed by atoms with Crippen LogP contribution in [0.2, 0.25) is 0 Å². The molecule has 24 heavy (non-hydrogen) atoms. The number of benzene rings is 1. The molecule has 1 aromatic carbocycles. The molecule has 1 heterocycles. The number of carbonyl (C=O) groups is 2. The van der Waals surface area contributed by atoms with E-state index in [4.69, 9.17) is 0 Å². The predicted molar refractivity (Wildman–Crippen MR) is 93.6 cm³/mol. The summed E-state index contributed by atoms with van der Waals surface area (Å²) >= 11 is 0. The van der Waals surface area contributed by atoms with Crippen molar-refractivity contribution in [3.05, 3.63) is 29.3 Å². The summed E-state index contributed by atoms with van der Waals surface area (Å²) in [6, 6.07) is 5.37. The van der Waals surface area contributed by atoms with Gasteiger partial charge in [-0.15, -0.1) is 0 Å². The van der Waals surface area contributed by atoms with Gasteiger partial charge in [0.15, 0.2) is 9.84 Å². The maximum absolute atomic E-state index is 12.1. The van der Waals surface area contributed by atoms with Gasteiger partial charge >= 0.3 is 0 Å². The van der Waals surface area contributed by atoms with E-state index >= 15 is 0 Å². The number of hydrogen-bond donors (Lipinski definition) is 1. The minimum Gasteiger partial charge on any atom is -0.338 e. The van der Waals surface area contributed by atoms with E-state index in [0.29, 0.717) is 6.42 Å². The van der Waals surface area contributed by atoms with Gasteiger partial charge in [-0.25, -0.2) is 8.42 Å². The number of anilines is 1. The van der Waals surface area contributed by atoms with Crippen LogP contribution >= 0.6 is 0 Å². The number of aryl methyl sites for hydroxylation is 2. The van der Waals surface area contributed by atoms with Gasteiger partial charge in [0, 0.05) is 31.6 Å². The van der Waals surface area contributed by atoms with Crippen LogP contribution in [0.3, 0.4) is 0 Å². The Labute approximate surface area is 143 Å². The third-order valence-electron chi connectivity index (χ3n) is 4.42. The molecule has 2 rings (SSSR count). The Hall–Kier alpha value is -1.89. The monoisotopic (exact) mass is 352 g/mol. The summed E-state index contributed by atoms with van der Waals surface area (Å²) in [5, 5.41) is 2.82. The Kier molecular flexibility index (Phi) is 5.64. The normalized spacial score (nSPS) is 19.0. The predicted octanol–water partition coefficient (Wildman–Crippen LogP) is 1.67. The van der Waals surface area contributed by atoms with Crippen LogP contribution in [-0.2, 0) is 19.4 Å². The van der Waals surface area contributed by atoms with Crippen LogP contribution in [0.15, 0.2) is 18.2 Å². The molecule has 1 aliphatic heterocycles. The molecule has 0 spiro atoms. The maximum Gasteiger partial charge on any atom is 0.226 e. The van der Waals surface area contributed by atoms with Crippen LogP contribution in [0, 0.1) is 13.8 Å². The second-order valence-electron chi connectivity index (χ2n) is 6.37. The molecule has 7 heteroatoms. The van der Waals surface area contributed by atoms with E-state index < -0.39 is 9.84 Å². The lowest BCUT2D eigenvalue weighted by Crippen LogP contribution is -2.41. The van der Waals surface area contributed by atoms with Crippen molar-refractivity contribution in [2.75, 3.05) is 23.4 Å². The van der Waals surface area contributed by atoms with Gasteiger partial charge in [0.2, 0.25) is 11.8 Å². The van der Waals surface area contributed by atoms with Gasteiger partial charge in [-0.2, -0.15) is 0 Å². The lowest BCUT2D eigenvalue weighted by molar-refractivity contribution is -0.131. The first-order valence-corrected chi connectivity index (χ1v) is 9.85. The summed E-state index contributed by atoms with van der Waals surface area (Å²) in [5.74, 6) is -0.289. The molecule has 1 fully saturated rings. The van der Waals surface area contributed by atoms with Crippen LogP contribution in [0.4, 0.5) is 5.69 Å². The van der Waals surface area contributed by atoms with Gasteiger partial charge in [0.25, 0.3) is 0 Å². The summed E-state index contributed by atoms with van der Waals surface area (Å²) < 4.78 is 23.2. The van der Waals surface area contributed by atoms with E-state index in [9.17, 15) is 18.0 Å². The van der Waals surface area contributed by atoms with Crippen molar-refractivity contribution in [2.45, 2.75) is 39.7 Å². The molecule has 1 aliphatic rings. The molecule has 1 unspecified atom stereocenters. The quantitative estimate of drug-likeness (QED) is 0.874. The van der Waals surface area contributed by atoms with Gasteiger partial charge in [-0.05, 0) is 43.5 Å². The van der Waals surface area contributed by atoms with Crippen LogP contribution in [0.5, 0.6) is 0 Å². The number of amides is 2. The number of sulfone groups is 1. The smallest absolute Gasteiger partial charge is 0.226 e. The minimum absolute atomic E-state index is 0.00858. The van der Waals surface area contributed by atoms with Gasteiger partial charge < -0.3 is 10.2 Å². The lowest BCUT2D eigenvalue weighted by atomic mass is 10.1. The van der Waals surface area contributed by atoms with E-state index in [1.807, 2.05) is 32.0 Å². The number of rotatable bonds is 5. The molecular weight excluding hydrogens is 328 g/mol. The molecule has 0 radical (unpaired) electrons. The minimum atomic E-state index is -3.06. The first-order chi connectivity index (χ1) is 11.2. The van der Waals surface area contributed by atoms with Crippen molar-refractivity contribution in [2.24, 2.45) is 0 Å². The zero-order valence-electron chi connectivity index (χ0n) is 14.3. The molecule has 1 aromatic rings. The van der Waals surface area contributed by atoms with Crippen LogP contribution in [0.1, 0.15) is 30.9 Å². The Morgan fingerprint density at radius 3 is 2.50 bits per heavy atom. The molecule has 1 N–H and O–H groups in total. The fourth-order valence-electron chi connectivity index (χ4n) is 2.88.